The second-order valence-corrected chi connectivity index (χ2v) is 6.24. The number of aryl methyl sites for hydroxylation is 2. The zero-order valence-electron chi connectivity index (χ0n) is 15.5. The second-order valence-electron chi connectivity index (χ2n) is 6.24. The van der Waals surface area contributed by atoms with Gasteiger partial charge in [-0.05, 0) is 37.5 Å². The van der Waals surface area contributed by atoms with E-state index in [4.69, 9.17) is 4.74 Å². The van der Waals surface area contributed by atoms with Crippen molar-refractivity contribution in [3.8, 4) is 0 Å². The van der Waals surface area contributed by atoms with Crippen LogP contribution in [0, 0.1) is 0 Å². The van der Waals surface area contributed by atoms with E-state index < -0.39 is 5.97 Å². The van der Waals surface area contributed by atoms with Gasteiger partial charge in [0.25, 0.3) is 5.91 Å². The molecule has 6 nitrogen and oxygen atoms in total. The zero-order chi connectivity index (χ0) is 19.3. The Kier molecular flexibility index (Phi) is 6.33. The van der Waals surface area contributed by atoms with Gasteiger partial charge in [-0.3, -0.25) is 9.59 Å². The molecule has 1 N–H and O–H groups in total. The summed E-state index contributed by atoms with van der Waals surface area (Å²) < 4.78 is 6.56. The fourth-order valence-electron chi connectivity index (χ4n) is 2.57. The maximum Gasteiger partial charge on any atom is 0.355 e. The SMILES string of the molecule is CCc1ccc([C@H](C)NC(=O)COC(=O)c2cc(C(C)=O)cn2C)cc1. The number of hydrogen-bond acceptors (Lipinski definition) is 4. The number of esters is 1. The minimum atomic E-state index is -0.643. The van der Waals surface area contributed by atoms with Crippen molar-refractivity contribution in [1.29, 1.82) is 0 Å². The number of benzene rings is 1. The Hall–Kier alpha value is -2.89. The van der Waals surface area contributed by atoms with Gasteiger partial charge in [0, 0.05) is 18.8 Å². The molecule has 0 saturated carbocycles. The Morgan fingerprint density at radius 2 is 1.85 bits per heavy atom. The number of nitrogens with zero attached hydrogens (tertiary/aromatic N) is 1. The lowest BCUT2D eigenvalue weighted by atomic mass is 10.1. The highest BCUT2D eigenvalue weighted by Crippen LogP contribution is 2.14. The van der Waals surface area contributed by atoms with Crippen LogP contribution < -0.4 is 5.32 Å². The molecule has 1 aromatic heterocycles. The van der Waals surface area contributed by atoms with Gasteiger partial charge in [0.15, 0.2) is 12.4 Å². The third-order valence-electron chi connectivity index (χ3n) is 4.22. The molecule has 1 heterocycles. The van der Waals surface area contributed by atoms with Crippen LogP contribution in [-0.4, -0.2) is 28.8 Å². The maximum absolute atomic E-state index is 12.1. The summed E-state index contributed by atoms with van der Waals surface area (Å²) in [6, 6.07) is 9.28. The van der Waals surface area contributed by atoms with Crippen LogP contribution in [0.4, 0.5) is 0 Å². The van der Waals surface area contributed by atoms with Gasteiger partial charge >= 0.3 is 5.97 Å². The van der Waals surface area contributed by atoms with E-state index in [0.29, 0.717) is 5.56 Å². The van der Waals surface area contributed by atoms with Gasteiger partial charge in [-0.2, -0.15) is 0 Å². The highest BCUT2D eigenvalue weighted by molar-refractivity contribution is 5.98. The van der Waals surface area contributed by atoms with Gasteiger partial charge in [0.1, 0.15) is 5.69 Å². The molecule has 0 fully saturated rings. The van der Waals surface area contributed by atoms with E-state index in [1.807, 2.05) is 31.2 Å². The molecule has 26 heavy (non-hydrogen) atoms. The summed E-state index contributed by atoms with van der Waals surface area (Å²) in [6.07, 6.45) is 2.52. The van der Waals surface area contributed by atoms with Crippen molar-refractivity contribution >= 4 is 17.7 Å². The van der Waals surface area contributed by atoms with Crippen molar-refractivity contribution in [2.45, 2.75) is 33.2 Å². The Labute approximate surface area is 153 Å². The van der Waals surface area contributed by atoms with Crippen LogP contribution in [0.1, 0.15) is 58.8 Å². The number of carbonyl (C=O) groups excluding carboxylic acids is 3. The minimum Gasteiger partial charge on any atom is -0.451 e. The summed E-state index contributed by atoms with van der Waals surface area (Å²) in [5.41, 5.74) is 2.86. The van der Waals surface area contributed by atoms with E-state index in [-0.39, 0.29) is 30.0 Å². The van der Waals surface area contributed by atoms with Crippen LogP contribution in [0.25, 0.3) is 0 Å². The number of Topliss-reactive ketones (excluding diaryl/α,β-unsaturated/α-hetero) is 1. The number of hydrogen-bond donors (Lipinski definition) is 1. The molecule has 1 atom stereocenters. The summed E-state index contributed by atoms with van der Waals surface area (Å²) in [5, 5.41) is 2.80. The Balaban J connectivity index is 1.89. The molecular formula is C20H24N2O4. The molecule has 0 aliphatic heterocycles. The van der Waals surface area contributed by atoms with Crippen molar-refractivity contribution in [2.24, 2.45) is 7.05 Å². The smallest absolute Gasteiger partial charge is 0.355 e. The first kappa shape index (κ1) is 19.4. The van der Waals surface area contributed by atoms with Crippen LogP contribution >= 0.6 is 0 Å². The predicted molar refractivity (Wildman–Crippen MR) is 98.1 cm³/mol. The van der Waals surface area contributed by atoms with Crippen LogP contribution in [0.15, 0.2) is 36.5 Å². The number of ether oxygens (including phenoxy) is 1. The first-order valence-electron chi connectivity index (χ1n) is 8.54. The van der Waals surface area contributed by atoms with Gasteiger partial charge < -0.3 is 14.6 Å². The number of rotatable bonds is 7. The van der Waals surface area contributed by atoms with Crippen LogP contribution in [0.2, 0.25) is 0 Å². The monoisotopic (exact) mass is 356 g/mol. The molecule has 0 aliphatic rings. The van der Waals surface area contributed by atoms with Gasteiger partial charge in [-0.25, -0.2) is 4.79 Å². The zero-order valence-corrected chi connectivity index (χ0v) is 15.5. The molecule has 0 bridgehead atoms. The van der Waals surface area contributed by atoms with E-state index in [1.165, 1.54) is 23.1 Å². The fraction of sp³-hybridized carbons (Fsp3) is 0.350. The summed E-state index contributed by atoms with van der Waals surface area (Å²) >= 11 is 0. The molecular weight excluding hydrogens is 332 g/mol. The molecule has 1 aromatic carbocycles. The second kappa shape index (κ2) is 8.47. The number of aromatic nitrogens is 1. The first-order valence-corrected chi connectivity index (χ1v) is 8.54. The van der Waals surface area contributed by atoms with Crippen molar-refractivity contribution in [3.63, 3.8) is 0 Å². The van der Waals surface area contributed by atoms with E-state index in [1.54, 1.807) is 13.2 Å². The van der Waals surface area contributed by atoms with Gasteiger partial charge in [-0.15, -0.1) is 0 Å². The third-order valence-corrected chi connectivity index (χ3v) is 4.22. The first-order chi connectivity index (χ1) is 12.3. The average molecular weight is 356 g/mol. The van der Waals surface area contributed by atoms with Crippen molar-refractivity contribution in [1.82, 2.24) is 9.88 Å². The number of ketones is 1. The molecule has 1 amide bonds. The Bertz CT molecular complexity index is 806. The minimum absolute atomic E-state index is 0.139. The molecule has 0 radical (unpaired) electrons. The average Bonchev–Trinajstić information content (AvgIpc) is 3.02. The van der Waals surface area contributed by atoms with Gasteiger partial charge in [-0.1, -0.05) is 31.2 Å². The van der Waals surface area contributed by atoms with Crippen molar-refractivity contribution in [3.05, 3.63) is 58.9 Å². The molecule has 2 rings (SSSR count). The number of carbonyl (C=O) groups is 3. The molecule has 0 spiro atoms. The van der Waals surface area contributed by atoms with Gasteiger partial charge in [0.05, 0.1) is 6.04 Å². The topological polar surface area (TPSA) is 77.4 Å². The lowest BCUT2D eigenvalue weighted by Gasteiger charge is -2.15. The normalized spacial score (nSPS) is 11.7. The van der Waals surface area contributed by atoms with Crippen molar-refractivity contribution in [2.75, 3.05) is 6.61 Å². The maximum atomic E-state index is 12.1. The third kappa shape index (κ3) is 4.81. The lowest BCUT2D eigenvalue weighted by molar-refractivity contribution is -0.124. The quantitative estimate of drug-likeness (QED) is 0.611. The summed E-state index contributed by atoms with van der Waals surface area (Å²) in [5.74, 6) is -1.16. The highest BCUT2D eigenvalue weighted by atomic mass is 16.5. The molecule has 6 heteroatoms. The largest absolute Gasteiger partial charge is 0.451 e. The Morgan fingerprint density at radius 3 is 2.38 bits per heavy atom. The van der Waals surface area contributed by atoms with E-state index >= 15 is 0 Å². The number of nitrogens with one attached hydrogen (secondary N) is 1. The lowest BCUT2D eigenvalue weighted by Crippen LogP contribution is -2.31. The molecule has 0 unspecified atom stereocenters. The van der Waals surface area contributed by atoms with Gasteiger partial charge in [0.2, 0.25) is 0 Å². The Morgan fingerprint density at radius 1 is 1.19 bits per heavy atom. The van der Waals surface area contributed by atoms with Crippen molar-refractivity contribution < 1.29 is 19.1 Å². The van der Waals surface area contributed by atoms with Crippen LogP contribution in [-0.2, 0) is 23.0 Å². The van der Waals surface area contributed by atoms with E-state index in [9.17, 15) is 14.4 Å². The fourth-order valence-corrected chi connectivity index (χ4v) is 2.57. The molecule has 0 aliphatic carbocycles. The molecule has 0 saturated heterocycles. The van der Waals surface area contributed by atoms with Crippen LogP contribution in [0.5, 0.6) is 0 Å². The molecule has 2 aromatic rings. The molecule has 138 valence electrons. The number of amides is 1. The summed E-state index contributed by atoms with van der Waals surface area (Å²) in [4.78, 5) is 35.5. The van der Waals surface area contributed by atoms with E-state index in [0.717, 1.165) is 12.0 Å². The summed E-state index contributed by atoms with van der Waals surface area (Å²) in [6.45, 7) is 5.00. The predicted octanol–water partition coefficient (Wildman–Crippen LogP) is 2.82. The summed E-state index contributed by atoms with van der Waals surface area (Å²) in [7, 11) is 1.64. The van der Waals surface area contributed by atoms with E-state index in [2.05, 4.69) is 12.2 Å². The highest BCUT2D eigenvalue weighted by Gasteiger charge is 2.17. The van der Waals surface area contributed by atoms with Crippen LogP contribution in [0.3, 0.4) is 0 Å². The standard InChI is InChI=1S/C20H24N2O4/c1-5-15-6-8-16(9-7-15)13(2)21-19(24)12-26-20(25)18-10-17(14(3)23)11-22(18)4/h6-11,13H,5,12H2,1-4H3,(H,21,24)/t13-/m0/s1.